The summed E-state index contributed by atoms with van der Waals surface area (Å²) >= 11 is 0. The molecule has 1 aromatic carbocycles. The third-order valence-corrected chi connectivity index (χ3v) is 6.13. The number of hydrogen-bond donors (Lipinski definition) is 2. The first-order valence-electron chi connectivity index (χ1n) is 10.7. The first-order chi connectivity index (χ1) is 13.6. The van der Waals surface area contributed by atoms with E-state index in [2.05, 4.69) is 27.2 Å². The number of piperidine rings is 2. The highest BCUT2D eigenvalue weighted by atomic mass is 16.2. The van der Waals surface area contributed by atoms with Crippen molar-refractivity contribution in [1.82, 2.24) is 15.1 Å². The van der Waals surface area contributed by atoms with Crippen molar-refractivity contribution >= 4 is 11.8 Å². The largest absolute Gasteiger partial charge is 0.370 e. The SMILES string of the molecule is NC(=O)CCN1CCC(N2CCC[C@@H](C(=O)NCCc3ccccc3)C2)CC1. The Hall–Kier alpha value is -1.92. The van der Waals surface area contributed by atoms with Gasteiger partial charge in [0.1, 0.15) is 0 Å². The van der Waals surface area contributed by atoms with Crippen molar-refractivity contribution in [2.24, 2.45) is 11.7 Å². The molecule has 0 unspecified atom stereocenters. The van der Waals surface area contributed by atoms with Crippen LogP contribution in [0.5, 0.6) is 0 Å². The zero-order valence-corrected chi connectivity index (χ0v) is 16.8. The topological polar surface area (TPSA) is 78.7 Å². The zero-order chi connectivity index (χ0) is 19.8. The van der Waals surface area contributed by atoms with Crippen LogP contribution >= 0.6 is 0 Å². The van der Waals surface area contributed by atoms with Gasteiger partial charge in [0, 0.05) is 32.1 Å². The van der Waals surface area contributed by atoms with Gasteiger partial charge in [0.2, 0.25) is 11.8 Å². The molecule has 0 radical (unpaired) electrons. The predicted octanol–water partition coefficient (Wildman–Crippen LogP) is 1.40. The van der Waals surface area contributed by atoms with Crippen LogP contribution in [0.2, 0.25) is 0 Å². The van der Waals surface area contributed by atoms with Gasteiger partial charge in [-0.1, -0.05) is 30.3 Å². The van der Waals surface area contributed by atoms with E-state index >= 15 is 0 Å². The van der Waals surface area contributed by atoms with Crippen LogP contribution in [0.25, 0.3) is 0 Å². The summed E-state index contributed by atoms with van der Waals surface area (Å²) in [5.74, 6) is 0.0937. The number of nitrogens with two attached hydrogens (primary N) is 1. The Bertz CT molecular complexity index is 629. The van der Waals surface area contributed by atoms with E-state index in [1.807, 2.05) is 18.2 Å². The lowest BCUT2D eigenvalue weighted by molar-refractivity contribution is -0.127. The van der Waals surface area contributed by atoms with E-state index in [9.17, 15) is 9.59 Å². The third-order valence-electron chi connectivity index (χ3n) is 6.13. The highest BCUT2D eigenvalue weighted by Crippen LogP contribution is 2.24. The van der Waals surface area contributed by atoms with E-state index in [-0.39, 0.29) is 17.7 Å². The molecule has 0 aliphatic carbocycles. The number of nitrogens with one attached hydrogen (secondary N) is 1. The number of likely N-dealkylation sites (tertiary alicyclic amines) is 2. The van der Waals surface area contributed by atoms with Crippen LogP contribution < -0.4 is 11.1 Å². The minimum atomic E-state index is -0.223. The Balaban J connectivity index is 1.39. The molecule has 2 heterocycles. The fraction of sp³-hybridized carbons (Fsp3) is 0.636. The molecule has 6 heteroatoms. The molecule has 28 heavy (non-hydrogen) atoms. The van der Waals surface area contributed by atoms with Crippen molar-refractivity contribution in [3.8, 4) is 0 Å². The average molecular weight is 387 g/mol. The first-order valence-corrected chi connectivity index (χ1v) is 10.7. The van der Waals surface area contributed by atoms with Crippen molar-refractivity contribution in [3.05, 3.63) is 35.9 Å². The number of nitrogens with zero attached hydrogens (tertiary/aromatic N) is 2. The normalized spacial score (nSPS) is 22.1. The summed E-state index contributed by atoms with van der Waals surface area (Å²) in [5, 5.41) is 3.14. The molecule has 1 atom stereocenters. The van der Waals surface area contributed by atoms with E-state index in [0.717, 1.165) is 64.8 Å². The second-order valence-electron chi connectivity index (χ2n) is 8.15. The summed E-state index contributed by atoms with van der Waals surface area (Å²) in [6.45, 7) is 5.49. The number of carbonyl (C=O) groups excluding carboxylic acids is 2. The monoisotopic (exact) mass is 386 g/mol. The van der Waals surface area contributed by atoms with E-state index in [0.29, 0.717) is 19.0 Å². The molecule has 6 nitrogen and oxygen atoms in total. The number of hydrogen-bond acceptors (Lipinski definition) is 4. The van der Waals surface area contributed by atoms with Gasteiger partial charge in [-0.25, -0.2) is 0 Å². The Morgan fingerprint density at radius 3 is 2.54 bits per heavy atom. The molecule has 2 amide bonds. The molecular formula is C22H34N4O2. The average Bonchev–Trinajstić information content (AvgIpc) is 2.73. The number of amides is 2. The number of carbonyl (C=O) groups is 2. The predicted molar refractivity (Wildman–Crippen MR) is 111 cm³/mol. The Morgan fingerprint density at radius 1 is 1.07 bits per heavy atom. The van der Waals surface area contributed by atoms with Gasteiger partial charge in [0.15, 0.2) is 0 Å². The van der Waals surface area contributed by atoms with Crippen LogP contribution in [-0.2, 0) is 16.0 Å². The number of primary amides is 1. The highest BCUT2D eigenvalue weighted by molar-refractivity contribution is 5.79. The lowest BCUT2D eigenvalue weighted by Gasteiger charge is -2.42. The molecule has 3 N–H and O–H groups in total. The third kappa shape index (κ3) is 6.31. The van der Waals surface area contributed by atoms with Crippen LogP contribution in [-0.4, -0.2) is 66.9 Å². The van der Waals surface area contributed by atoms with Crippen molar-refractivity contribution in [2.75, 3.05) is 39.3 Å². The molecule has 0 bridgehead atoms. The van der Waals surface area contributed by atoms with Crippen molar-refractivity contribution < 1.29 is 9.59 Å². The second kappa shape index (κ2) is 10.6. The molecule has 3 rings (SSSR count). The van der Waals surface area contributed by atoms with Gasteiger partial charge < -0.3 is 16.0 Å². The summed E-state index contributed by atoms with van der Waals surface area (Å²) < 4.78 is 0. The van der Waals surface area contributed by atoms with Crippen LogP contribution in [0.1, 0.15) is 37.7 Å². The van der Waals surface area contributed by atoms with Gasteiger partial charge in [-0.15, -0.1) is 0 Å². The maximum absolute atomic E-state index is 12.6. The summed E-state index contributed by atoms with van der Waals surface area (Å²) in [6, 6.07) is 10.9. The van der Waals surface area contributed by atoms with Crippen molar-refractivity contribution in [3.63, 3.8) is 0 Å². The smallest absolute Gasteiger partial charge is 0.224 e. The van der Waals surface area contributed by atoms with Gasteiger partial charge in [0.05, 0.1) is 5.92 Å². The van der Waals surface area contributed by atoms with Crippen LogP contribution in [0.4, 0.5) is 0 Å². The summed E-state index contributed by atoms with van der Waals surface area (Å²) in [5.41, 5.74) is 6.51. The molecule has 2 saturated heterocycles. The van der Waals surface area contributed by atoms with Crippen molar-refractivity contribution in [2.45, 2.75) is 44.6 Å². The molecule has 2 aliphatic heterocycles. The van der Waals surface area contributed by atoms with E-state index in [1.54, 1.807) is 0 Å². The minimum absolute atomic E-state index is 0.109. The summed E-state index contributed by atoms with van der Waals surface area (Å²) in [6.07, 6.45) is 5.64. The van der Waals surface area contributed by atoms with E-state index in [4.69, 9.17) is 5.73 Å². The second-order valence-corrected chi connectivity index (χ2v) is 8.15. The Kier molecular flexibility index (Phi) is 7.86. The fourth-order valence-electron chi connectivity index (χ4n) is 4.45. The Morgan fingerprint density at radius 2 is 1.82 bits per heavy atom. The molecule has 1 aromatic rings. The van der Waals surface area contributed by atoms with Crippen LogP contribution in [0.3, 0.4) is 0 Å². The van der Waals surface area contributed by atoms with Crippen LogP contribution in [0.15, 0.2) is 30.3 Å². The highest BCUT2D eigenvalue weighted by Gasteiger charge is 2.31. The van der Waals surface area contributed by atoms with Gasteiger partial charge in [-0.2, -0.15) is 0 Å². The fourth-order valence-corrected chi connectivity index (χ4v) is 4.45. The van der Waals surface area contributed by atoms with Gasteiger partial charge in [-0.05, 0) is 57.3 Å². The Labute approximate surface area is 168 Å². The quantitative estimate of drug-likeness (QED) is 0.708. The lowest BCUT2D eigenvalue weighted by Crippen LogP contribution is -2.51. The standard InChI is InChI=1S/C22H34N4O2/c23-21(27)11-16-25-14-9-20(10-15-25)26-13-4-7-19(17-26)22(28)24-12-8-18-5-2-1-3-6-18/h1-3,5-6,19-20H,4,7-17H2,(H2,23,27)(H,24,28)/t19-/m1/s1. The maximum Gasteiger partial charge on any atom is 0.224 e. The zero-order valence-electron chi connectivity index (χ0n) is 16.8. The summed E-state index contributed by atoms with van der Waals surface area (Å²) in [7, 11) is 0. The number of rotatable bonds is 8. The molecule has 0 spiro atoms. The molecule has 0 saturated carbocycles. The molecule has 2 fully saturated rings. The molecular weight excluding hydrogens is 352 g/mol. The van der Waals surface area contributed by atoms with E-state index < -0.39 is 0 Å². The van der Waals surface area contributed by atoms with E-state index in [1.165, 1.54) is 5.56 Å². The van der Waals surface area contributed by atoms with Gasteiger partial charge in [-0.3, -0.25) is 14.5 Å². The van der Waals surface area contributed by atoms with Gasteiger partial charge in [0.25, 0.3) is 0 Å². The molecule has 2 aliphatic rings. The molecule has 0 aromatic heterocycles. The van der Waals surface area contributed by atoms with Gasteiger partial charge >= 0.3 is 0 Å². The summed E-state index contributed by atoms with van der Waals surface area (Å²) in [4.78, 5) is 28.4. The lowest BCUT2D eigenvalue weighted by atomic mass is 9.93. The number of benzene rings is 1. The first kappa shape index (κ1) is 20.8. The van der Waals surface area contributed by atoms with Crippen LogP contribution in [0, 0.1) is 5.92 Å². The maximum atomic E-state index is 12.6. The minimum Gasteiger partial charge on any atom is -0.370 e. The molecule has 154 valence electrons. The van der Waals surface area contributed by atoms with Crippen molar-refractivity contribution in [1.29, 1.82) is 0 Å².